The van der Waals surface area contributed by atoms with Crippen LogP contribution in [0.25, 0.3) is 0 Å². The third kappa shape index (κ3) is 3.23. The van der Waals surface area contributed by atoms with Gasteiger partial charge < -0.3 is 15.8 Å². The van der Waals surface area contributed by atoms with Gasteiger partial charge in [-0.05, 0) is 18.4 Å². The molecule has 0 bridgehead atoms. The maximum atomic E-state index is 11.4. The molecule has 0 unspecified atom stereocenters. The van der Waals surface area contributed by atoms with Gasteiger partial charge in [-0.1, -0.05) is 30.3 Å². The molecule has 0 aromatic heterocycles. The van der Waals surface area contributed by atoms with Crippen LogP contribution in [-0.2, 0) is 16.1 Å². The Kier molecular flexibility index (Phi) is 3.82. The molecule has 18 heavy (non-hydrogen) atoms. The van der Waals surface area contributed by atoms with Crippen LogP contribution in [0.2, 0.25) is 0 Å². The Morgan fingerprint density at radius 3 is 2.56 bits per heavy atom. The van der Waals surface area contributed by atoms with Crippen molar-refractivity contribution in [2.75, 3.05) is 0 Å². The Morgan fingerprint density at radius 1 is 1.28 bits per heavy atom. The molecule has 1 aromatic carbocycles. The highest BCUT2D eigenvalue weighted by atomic mass is 16.5. The summed E-state index contributed by atoms with van der Waals surface area (Å²) in [6, 6.07) is 9.47. The molecule has 2 amide bonds. The summed E-state index contributed by atoms with van der Waals surface area (Å²) in [4.78, 5) is 22.2. The van der Waals surface area contributed by atoms with Crippen LogP contribution in [0.4, 0.5) is 4.79 Å². The predicted octanol–water partition coefficient (Wildman–Crippen LogP) is 1.18. The highest BCUT2D eigenvalue weighted by Gasteiger charge is 2.34. The molecule has 5 heteroatoms. The van der Waals surface area contributed by atoms with Crippen molar-refractivity contribution in [3.05, 3.63) is 35.9 Å². The lowest BCUT2D eigenvalue weighted by atomic mass is 9.80. The van der Waals surface area contributed by atoms with E-state index < -0.39 is 6.09 Å². The number of hydrogen-bond donors (Lipinski definition) is 2. The van der Waals surface area contributed by atoms with Crippen LogP contribution in [0.1, 0.15) is 18.4 Å². The molecule has 0 atom stereocenters. The number of carbonyl (C=O) groups excluding carboxylic acids is 2. The first kappa shape index (κ1) is 12.4. The molecule has 0 spiro atoms. The third-order valence-corrected chi connectivity index (χ3v) is 3.08. The molecule has 1 aliphatic carbocycles. The lowest BCUT2D eigenvalue weighted by molar-refractivity contribution is -0.124. The van der Waals surface area contributed by atoms with Gasteiger partial charge in [0.25, 0.3) is 0 Å². The molecule has 0 heterocycles. The van der Waals surface area contributed by atoms with E-state index in [9.17, 15) is 9.59 Å². The Bertz CT molecular complexity index is 427. The van der Waals surface area contributed by atoms with Crippen molar-refractivity contribution in [3.8, 4) is 0 Å². The minimum absolute atomic E-state index is 0.00535. The molecular formula is C13H16N2O3. The fourth-order valence-corrected chi connectivity index (χ4v) is 1.90. The van der Waals surface area contributed by atoms with Crippen LogP contribution >= 0.6 is 0 Å². The van der Waals surface area contributed by atoms with E-state index in [2.05, 4.69) is 5.32 Å². The van der Waals surface area contributed by atoms with Crippen LogP contribution < -0.4 is 11.1 Å². The monoisotopic (exact) mass is 248 g/mol. The van der Waals surface area contributed by atoms with Gasteiger partial charge in [0, 0.05) is 12.0 Å². The van der Waals surface area contributed by atoms with Crippen molar-refractivity contribution in [3.63, 3.8) is 0 Å². The molecule has 0 saturated heterocycles. The van der Waals surface area contributed by atoms with Crippen molar-refractivity contribution < 1.29 is 14.3 Å². The molecule has 0 aliphatic heterocycles. The fourth-order valence-electron chi connectivity index (χ4n) is 1.90. The van der Waals surface area contributed by atoms with Crippen LogP contribution in [0.3, 0.4) is 0 Å². The number of ether oxygens (including phenoxy) is 1. The van der Waals surface area contributed by atoms with E-state index in [0.717, 1.165) is 5.56 Å². The summed E-state index contributed by atoms with van der Waals surface area (Å²) >= 11 is 0. The van der Waals surface area contributed by atoms with E-state index >= 15 is 0 Å². The SMILES string of the molecule is NC(=O)[C@H]1C[C@H](NC(=O)OCc2ccccc2)C1. The highest BCUT2D eigenvalue weighted by molar-refractivity contribution is 5.78. The van der Waals surface area contributed by atoms with Gasteiger partial charge in [-0.15, -0.1) is 0 Å². The number of benzene rings is 1. The summed E-state index contributed by atoms with van der Waals surface area (Å²) in [6.07, 6.45) is 0.762. The van der Waals surface area contributed by atoms with Gasteiger partial charge in [-0.2, -0.15) is 0 Å². The maximum Gasteiger partial charge on any atom is 0.407 e. The Balaban J connectivity index is 1.66. The zero-order chi connectivity index (χ0) is 13.0. The second kappa shape index (κ2) is 5.53. The van der Waals surface area contributed by atoms with E-state index in [0.29, 0.717) is 12.8 Å². The topological polar surface area (TPSA) is 81.4 Å². The number of nitrogens with one attached hydrogen (secondary N) is 1. The van der Waals surface area contributed by atoms with Crippen LogP contribution in [0.15, 0.2) is 30.3 Å². The second-order valence-corrected chi connectivity index (χ2v) is 4.47. The number of hydrogen-bond acceptors (Lipinski definition) is 3. The van der Waals surface area contributed by atoms with Crippen molar-refractivity contribution in [2.45, 2.75) is 25.5 Å². The summed E-state index contributed by atoms with van der Waals surface area (Å²) in [7, 11) is 0. The van der Waals surface area contributed by atoms with Gasteiger partial charge in [-0.25, -0.2) is 4.79 Å². The van der Waals surface area contributed by atoms with E-state index in [1.54, 1.807) is 0 Å². The lowest BCUT2D eigenvalue weighted by Gasteiger charge is -2.33. The number of amides is 2. The summed E-state index contributed by atoms with van der Waals surface area (Å²) in [5.74, 6) is -0.407. The van der Waals surface area contributed by atoms with Gasteiger partial charge in [0.15, 0.2) is 0 Å². The van der Waals surface area contributed by atoms with Crippen LogP contribution in [0.5, 0.6) is 0 Å². The number of alkyl carbamates (subject to hydrolysis) is 1. The van der Waals surface area contributed by atoms with E-state index in [1.807, 2.05) is 30.3 Å². The standard InChI is InChI=1S/C13H16N2O3/c14-12(16)10-6-11(7-10)15-13(17)18-8-9-4-2-1-3-5-9/h1-5,10-11H,6-8H2,(H2,14,16)(H,15,17)/t10-,11-. The average Bonchev–Trinajstić information content (AvgIpc) is 2.31. The zero-order valence-corrected chi connectivity index (χ0v) is 9.96. The number of rotatable bonds is 4. The Hall–Kier alpha value is -2.04. The molecule has 5 nitrogen and oxygen atoms in total. The number of primary amides is 1. The molecular weight excluding hydrogens is 232 g/mol. The zero-order valence-electron chi connectivity index (χ0n) is 9.96. The van der Waals surface area contributed by atoms with Gasteiger partial charge in [0.1, 0.15) is 6.61 Å². The summed E-state index contributed by atoms with van der Waals surface area (Å²) in [5.41, 5.74) is 6.08. The minimum Gasteiger partial charge on any atom is -0.445 e. The smallest absolute Gasteiger partial charge is 0.407 e. The lowest BCUT2D eigenvalue weighted by Crippen LogP contribution is -2.48. The number of carbonyl (C=O) groups is 2. The summed E-state index contributed by atoms with van der Waals surface area (Å²) < 4.78 is 5.06. The number of nitrogens with two attached hydrogens (primary N) is 1. The molecule has 3 N–H and O–H groups in total. The van der Waals surface area contributed by atoms with E-state index in [4.69, 9.17) is 10.5 Å². The van der Waals surface area contributed by atoms with Crippen LogP contribution in [-0.4, -0.2) is 18.0 Å². The summed E-state index contributed by atoms with van der Waals surface area (Å²) in [6.45, 7) is 0.249. The quantitative estimate of drug-likeness (QED) is 0.839. The van der Waals surface area contributed by atoms with Gasteiger partial charge >= 0.3 is 6.09 Å². The van der Waals surface area contributed by atoms with Gasteiger partial charge in [0.05, 0.1) is 0 Å². The van der Waals surface area contributed by atoms with Crippen molar-refractivity contribution in [1.29, 1.82) is 0 Å². The average molecular weight is 248 g/mol. The normalized spacial score (nSPS) is 21.8. The van der Waals surface area contributed by atoms with E-state index in [-0.39, 0.29) is 24.5 Å². The molecule has 1 aromatic rings. The third-order valence-electron chi connectivity index (χ3n) is 3.08. The minimum atomic E-state index is -0.452. The van der Waals surface area contributed by atoms with Gasteiger partial charge in [0.2, 0.25) is 5.91 Å². The van der Waals surface area contributed by atoms with E-state index in [1.165, 1.54) is 0 Å². The predicted molar refractivity (Wildman–Crippen MR) is 65.5 cm³/mol. The Morgan fingerprint density at radius 2 is 1.94 bits per heavy atom. The molecule has 1 saturated carbocycles. The van der Waals surface area contributed by atoms with Gasteiger partial charge in [-0.3, -0.25) is 4.79 Å². The largest absolute Gasteiger partial charge is 0.445 e. The first-order chi connectivity index (χ1) is 8.65. The molecule has 1 fully saturated rings. The fraction of sp³-hybridized carbons (Fsp3) is 0.385. The highest BCUT2D eigenvalue weighted by Crippen LogP contribution is 2.26. The van der Waals surface area contributed by atoms with Crippen molar-refractivity contribution >= 4 is 12.0 Å². The first-order valence-electron chi connectivity index (χ1n) is 5.91. The molecule has 96 valence electrons. The molecule has 0 radical (unpaired) electrons. The second-order valence-electron chi connectivity index (χ2n) is 4.47. The Labute approximate surface area is 105 Å². The summed E-state index contributed by atoms with van der Waals surface area (Å²) in [5, 5.41) is 2.70. The molecule has 2 rings (SSSR count). The van der Waals surface area contributed by atoms with Crippen molar-refractivity contribution in [2.24, 2.45) is 11.7 Å². The van der Waals surface area contributed by atoms with Crippen molar-refractivity contribution in [1.82, 2.24) is 5.32 Å². The first-order valence-corrected chi connectivity index (χ1v) is 5.91. The van der Waals surface area contributed by atoms with Crippen LogP contribution in [0, 0.1) is 5.92 Å². The molecule has 1 aliphatic rings. The maximum absolute atomic E-state index is 11.4.